The topological polar surface area (TPSA) is 127 Å². The number of carbonyl (C=O) groups is 2. The lowest BCUT2D eigenvalue weighted by atomic mass is 10.0. The highest BCUT2D eigenvalue weighted by Crippen LogP contribution is 2.48. The Morgan fingerprint density at radius 3 is 2.36 bits per heavy atom. The number of hydrogen-bond acceptors (Lipinski definition) is 8. The molecule has 0 bridgehead atoms. The summed E-state index contributed by atoms with van der Waals surface area (Å²) in [4.78, 5) is 39.9. The lowest BCUT2D eigenvalue weighted by Crippen LogP contribution is -2.44. The van der Waals surface area contributed by atoms with Crippen molar-refractivity contribution in [2.45, 2.75) is 19.5 Å². The molecule has 0 saturated carbocycles. The first kappa shape index (κ1) is 25.7. The molecular formula is C28H26N4O7. The van der Waals surface area contributed by atoms with E-state index in [-0.39, 0.29) is 12.3 Å². The van der Waals surface area contributed by atoms with Gasteiger partial charge in [-0.2, -0.15) is 5.01 Å². The van der Waals surface area contributed by atoms with Gasteiger partial charge in [-0.1, -0.05) is 24.3 Å². The lowest BCUT2D eigenvalue weighted by molar-refractivity contribution is -0.384. The molecule has 1 aliphatic rings. The third-order valence-electron chi connectivity index (χ3n) is 6.62. The van der Waals surface area contributed by atoms with Gasteiger partial charge in [0.25, 0.3) is 5.69 Å². The van der Waals surface area contributed by atoms with Gasteiger partial charge in [-0.05, 0) is 48.4 Å². The number of anilines is 1. The number of methoxy groups -OCH3 is 2. The van der Waals surface area contributed by atoms with Crippen molar-refractivity contribution >= 4 is 34.3 Å². The number of nitrogens with zero attached hydrogens (tertiary/aromatic N) is 3. The van der Waals surface area contributed by atoms with Crippen LogP contribution in [0.5, 0.6) is 5.75 Å². The number of aromatic amines is 1. The molecule has 0 radical (unpaired) electrons. The van der Waals surface area contributed by atoms with Gasteiger partial charge in [-0.3, -0.25) is 10.1 Å². The number of nitro benzene ring substituents is 1. The van der Waals surface area contributed by atoms with E-state index >= 15 is 0 Å². The van der Waals surface area contributed by atoms with Gasteiger partial charge >= 0.3 is 12.1 Å². The highest BCUT2D eigenvalue weighted by atomic mass is 16.6. The standard InChI is InChI=1S/C28H26N4O7/c1-4-39-27(33)19-9-14-22-23(15-19)29-24-25(18-7-10-20(11-8-18)32(35)36)30(31(26(22)24)28(34)38-3)16-17-5-12-21(37-2)13-6-17/h5-15,25,29H,4,16H2,1-3H3. The van der Waals surface area contributed by atoms with Crippen LogP contribution in [0.4, 0.5) is 16.2 Å². The highest BCUT2D eigenvalue weighted by molar-refractivity contribution is 6.06. The number of ether oxygens (including phenoxy) is 3. The number of nitrogens with one attached hydrogen (secondary N) is 1. The summed E-state index contributed by atoms with van der Waals surface area (Å²) in [6, 6.07) is 18.2. The first-order valence-electron chi connectivity index (χ1n) is 12.2. The van der Waals surface area contributed by atoms with E-state index < -0.39 is 23.0 Å². The zero-order valence-corrected chi connectivity index (χ0v) is 21.5. The summed E-state index contributed by atoms with van der Waals surface area (Å²) < 4.78 is 15.6. The number of hydrogen-bond donors (Lipinski definition) is 1. The summed E-state index contributed by atoms with van der Waals surface area (Å²) >= 11 is 0. The molecule has 5 rings (SSSR count). The molecule has 0 saturated heterocycles. The van der Waals surface area contributed by atoms with E-state index in [1.807, 2.05) is 29.3 Å². The zero-order valence-electron chi connectivity index (χ0n) is 21.5. The van der Waals surface area contributed by atoms with Crippen LogP contribution < -0.4 is 9.75 Å². The number of esters is 1. The van der Waals surface area contributed by atoms with Crippen molar-refractivity contribution in [3.63, 3.8) is 0 Å². The third kappa shape index (κ3) is 4.64. The predicted molar refractivity (Wildman–Crippen MR) is 143 cm³/mol. The first-order valence-corrected chi connectivity index (χ1v) is 12.2. The van der Waals surface area contributed by atoms with E-state index in [4.69, 9.17) is 14.2 Å². The molecule has 1 N–H and O–H groups in total. The van der Waals surface area contributed by atoms with Crippen molar-refractivity contribution in [1.29, 1.82) is 0 Å². The van der Waals surface area contributed by atoms with E-state index in [0.717, 1.165) is 11.1 Å². The number of hydrazine groups is 1. The SMILES string of the molecule is CCOC(=O)c1ccc2c3c([nH]c2c1)C(c1ccc([N+](=O)[O-])cc1)N(Cc1ccc(OC)cc1)N3C(=O)OC. The maximum Gasteiger partial charge on any atom is 0.429 e. The molecule has 0 aliphatic carbocycles. The fraction of sp³-hybridized carbons (Fsp3) is 0.214. The van der Waals surface area contributed by atoms with E-state index in [0.29, 0.717) is 40.1 Å². The molecule has 11 heteroatoms. The van der Waals surface area contributed by atoms with Gasteiger partial charge in [0, 0.05) is 29.6 Å². The normalized spacial score (nSPS) is 14.7. The number of aromatic nitrogens is 1. The Hall–Kier alpha value is -4.90. The molecule has 11 nitrogen and oxygen atoms in total. The van der Waals surface area contributed by atoms with Gasteiger partial charge in [-0.15, -0.1) is 0 Å². The van der Waals surface area contributed by atoms with Crippen molar-refractivity contribution < 1.29 is 28.7 Å². The molecule has 39 heavy (non-hydrogen) atoms. The molecule has 200 valence electrons. The largest absolute Gasteiger partial charge is 0.497 e. The third-order valence-corrected chi connectivity index (χ3v) is 6.62. The van der Waals surface area contributed by atoms with E-state index in [2.05, 4.69) is 4.98 Å². The second-order valence-electron chi connectivity index (χ2n) is 8.85. The minimum Gasteiger partial charge on any atom is -0.497 e. The van der Waals surface area contributed by atoms with Crippen LogP contribution >= 0.6 is 0 Å². The fourth-order valence-electron chi connectivity index (χ4n) is 4.84. The molecule has 0 spiro atoms. The molecule has 1 amide bonds. The average molecular weight is 531 g/mol. The summed E-state index contributed by atoms with van der Waals surface area (Å²) in [5.41, 5.74) is 3.84. The molecule has 2 heterocycles. The van der Waals surface area contributed by atoms with Crippen molar-refractivity contribution in [3.8, 4) is 5.75 Å². The molecule has 3 aromatic carbocycles. The van der Waals surface area contributed by atoms with Crippen LogP contribution in [-0.2, 0) is 16.0 Å². The monoisotopic (exact) mass is 530 g/mol. The Morgan fingerprint density at radius 1 is 1.03 bits per heavy atom. The van der Waals surface area contributed by atoms with Crippen LogP contribution in [0.2, 0.25) is 0 Å². The van der Waals surface area contributed by atoms with Crippen molar-refractivity contribution in [2.75, 3.05) is 25.8 Å². The molecule has 1 aromatic heterocycles. The Balaban J connectivity index is 1.67. The number of amides is 1. The minimum absolute atomic E-state index is 0.0424. The second kappa shape index (κ2) is 10.5. The molecule has 0 fully saturated rings. The van der Waals surface area contributed by atoms with Crippen molar-refractivity contribution in [2.24, 2.45) is 0 Å². The van der Waals surface area contributed by atoms with E-state index in [1.165, 1.54) is 24.3 Å². The summed E-state index contributed by atoms with van der Waals surface area (Å²) in [5, 5.41) is 15.3. The fourth-order valence-corrected chi connectivity index (χ4v) is 4.84. The summed E-state index contributed by atoms with van der Waals surface area (Å²) in [6.07, 6.45) is -0.607. The quantitative estimate of drug-likeness (QED) is 0.192. The van der Waals surface area contributed by atoms with Crippen LogP contribution in [-0.4, -0.2) is 47.8 Å². The number of fused-ring (bicyclic) bond motifs is 3. The van der Waals surface area contributed by atoms with Crippen LogP contribution in [0.3, 0.4) is 0 Å². The Kier molecular flexibility index (Phi) is 6.90. The maximum absolute atomic E-state index is 13.3. The summed E-state index contributed by atoms with van der Waals surface area (Å²) in [7, 11) is 2.89. The van der Waals surface area contributed by atoms with E-state index in [1.54, 1.807) is 44.4 Å². The van der Waals surface area contributed by atoms with Crippen molar-refractivity contribution in [3.05, 3.63) is 99.2 Å². The molecular weight excluding hydrogens is 504 g/mol. The lowest BCUT2D eigenvalue weighted by Gasteiger charge is -2.32. The predicted octanol–water partition coefficient (Wildman–Crippen LogP) is 5.35. The number of rotatable bonds is 7. The number of non-ortho nitro benzene ring substituents is 1. The van der Waals surface area contributed by atoms with Crippen molar-refractivity contribution in [1.82, 2.24) is 9.99 Å². The maximum atomic E-state index is 13.3. The van der Waals surface area contributed by atoms with Gasteiger partial charge in [0.05, 0.1) is 48.7 Å². The summed E-state index contributed by atoms with van der Waals surface area (Å²) in [6.45, 7) is 2.29. The molecule has 1 unspecified atom stereocenters. The number of benzene rings is 3. The van der Waals surface area contributed by atoms with Crippen LogP contribution in [0.15, 0.2) is 66.7 Å². The Morgan fingerprint density at radius 2 is 1.74 bits per heavy atom. The van der Waals surface area contributed by atoms with Gasteiger partial charge in [0.1, 0.15) is 5.75 Å². The smallest absolute Gasteiger partial charge is 0.429 e. The Bertz CT molecular complexity index is 1550. The number of nitro groups is 1. The first-order chi connectivity index (χ1) is 18.9. The van der Waals surface area contributed by atoms with E-state index in [9.17, 15) is 19.7 Å². The zero-order chi connectivity index (χ0) is 27.7. The average Bonchev–Trinajstić information content (AvgIpc) is 3.46. The van der Waals surface area contributed by atoms with Crippen LogP contribution in [0, 0.1) is 10.1 Å². The second-order valence-corrected chi connectivity index (χ2v) is 8.85. The van der Waals surface area contributed by atoms with Gasteiger partial charge < -0.3 is 19.2 Å². The highest BCUT2D eigenvalue weighted by Gasteiger charge is 2.44. The molecule has 4 aromatic rings. The van der Waals surface area contributed by atoms with Gasteiger partial charge in [0.15, 0.2) is 0 Å². The van der Waals surface area contributed by atoms with Gasteiger partial charge in [-0.25, -0.2) is 14.6 Å². The van der Waals surface area contributed by atoms with Crippen LogP contribution in [0.25, 0.3) is 10.9 Å². The molecule has 1 aliphatic heterocycles. The van der Waals surface area contributed by atoms with Crippen LogP contribution in [0.1, 0.15) is 40.1 Å². The molecule has 1 atom stereocenters. The number of carbonyl (C=O) groups excluding carboxylic acids is 2. The number of H-pyrrole nitrogens is 1. The van der Waals surface area contributed by atoms with Gasteiger partial charge in [0.2, 0.25) is 0 Å². The summed E-state index contributed by atoms with van der Waals surface area (Å²) in [5.74, 6) is 0.248. The Labute approximate surface area is 223 Å². The minimum atomic E-state index is -0.607.